The summed E-state index contributed by atoms with van der Waals surface area (Å²) in [7, 11) is 1.65. The second-order valence-corrected chi connectivity index (χ2v) is 6.02. The number of aromatic nitrogens is 2. The Morgan fingerprint density at radius 1 is 1.40 bits per heavy atom. The van der Waals surface area contributed by atoms with E-state index in [0.29, 0.717) is 24.6 Å². The lowest BCUT2D eigenvalue weighted by Crippen LogP contribution is -2.37. The standard InChI is InChI=1S/C16H20BrF2N5O/c1-20-16(21-6-2-8-24-9-3-7-23-24)22-11-12-10-13(17)4-5-14(12)25-15(18)19/h3-5,7,9-10,15H,2,6,8,11H2,1H3,(H2,20,21,22). The predicted octanol–water partition coefficient (Wildman–Crippen LogP) is 3.00. The zero-order chi connectivity index (χ0) is 18.1. The lowest BCUT2D eigenvalue weighted by atomic mass is 10.2. The van der Waals surface area contributed by atoms with Crippen molar-refractivity contribution in [2.24, 2.45) is 4.99 Å². The molecule has 0 saturated carbocycles. The Labute approximate surface area is 153 Å². The summed E-state index contributed by atoms with van der Waals surface area (Å²) in [5.74, 6) is 0.725. The van der Waals surface area contributed by atoms with Gasteiger partial charge in [-0.1, -0.05) is 15.9 Å². The molecule has 0 fully saturated rings. The molecule has 0 atom stereocenters. The Bertz CT molecular complexity index is 679. The molecule has 2 aromatic rings. The maximum Gasteiger partial charge on any atom is 0.387 e. The van der Waals surface area contributed by atoms with Gasteiger partial charge < -0.3 is 15.4 Å². The highest BCUT2D eigenvalue weighted by molar-refractivity contribution is 9.10. The molecular formula is C16H20BrF2N5O. The van der Waals surface area contributed by atoms with E-state index in [-0.39, 0.29) is 5.75 Å². The molecule has 0 unspecified atom stereocenters. The molecule has 2 N–H and O–H groups in total. The number of aryl methyl sites for hydroxylation is 1. The summed E-state index contributed by atoms with van der Waals surface area (Å²) in [6, 6.07) is 6.78. The molecule has 1 aromatic heterocycles. The third kappa shape index (κ3) is 6.69. The molecule has 0 aliphatic rings. The molecule has 0 aliphatic carbocycles. The maximum atomic E-state index is 12.5. The van der Waals surface area contributed by atoms with Crippen molar-refractivity contribution in [1.29, 1.82) is 0 Å². The second kappa shape index (κ2) is 9.97. The van der Waals surface area contributed by atoms with E-state index in [2.05, 4.69) is 41.4 Å². The minimum atomic E-state index is -2.86. The summed E-state index contributed by atoms with van der Waals surface area (Å²) in [5.41, 5.74) is 0.606. The maximum absolute atomic E-state index is 12.5. The number of rotatable bonds is 8. The predicted molar refractivity (Wildman–Crippen MR) is 95.8 cm³/mol. The first-order valence-corrected chi connectivity index (χ1v) is 8.53. The lowest BCUT2D eigenvalue weighted by Gasteiger charge is -2.15. The first-order chi connectivity index (χ1) is 12.1. The van der Waals surface area contributed by atoms with Crippen molar-refractivity contribution in [1.82, 2.24) is 20.4 Å². The van der Waals surface area contributed by atoms with Crippen molar-refractivity contribution in [2.75, 3.05) is 13.6 Å². The van der Waals surface area contributed by atoms with E-state index in [9.17, 15) is 8.78 Å². The van der Waals surface area contributed by atoms with Gasteiger partial charge in [0.15, 0.2) is 5.96 Å². The number of nitrogens with one attached hydrogen (secondary N) is 2. The Kier molecular flexibility index (Phi) is 7.65. The molecule has 1 aromatic carbocycles. The Morgan fingerprint density at radius 2 is 2.24 bits per heavy atom. The molecule has 2 rings (SSSR count). The fourth-order valence-electron chi connectivity index (χ4n) is 2.18. The van der Waals surface area contributed by atoms with Crippen LogP contribution in [-0.4, -0.2) is 35.9 Å². The number of hydrogen-bond donors (Lipinski definition) is 2. The Balaban J connectivity index is 1.82. The van der Waals surface area contributed by atoms with E-state index in [0.717, 1.165) is 17.4 Å². The molecule has 0 saturated heterocycles. The van der Waals surface area contributed by atoms with Gasteiger partial charge in [0, 0.05) is 49.1 Å². The van der Waals surface area contributed by atoms with E-state index < -0.39 is 6.61 Å². The third-order valence-corrected chi connectivity index (χ3v) is 3.82. The molecule has 1 heterocycles. The van der Waals surface area contributed by atoms with Gasteiger partial charge in [-0.3, -0.25) is 9.67 Å². The minimum absolute atomic E-state index is 0.139. The second-order valence-electron chi connectivity index (χ2n) is 5.11. The van der Waals surface area contributed by atoms with Crippen LogP contribution in [-0.2, 0) is 13.1 Å². The lowest BCUT2D eigenvalue weighted by molar-refractivity contribution is -0.0504. The van der Waals surface area contributed by atoms with E-state index >= 15 is 0 Å². The van der Waals surface area contributed by atoms with Gasteiger partial charge in [0.2, 0.25) is 0 Å². The average molecular weight is 416 g/mol. The van der Waals surface area contributed by atoms with Gasteiger partial charge in [0.05, 0.1) is 0 Å². The fourth-order valence-corrected chi connectivity index (χ4v) is 2.59. The van der Waals surface area contributed by atoms with Crippen LogP contribution in [0.4, 0.5) is 8.78 Å². The number of alkyl halides is 2. The number of hydrogen-bond acceptors (Lipinski definition) is 3. The summed E-state index contributed by atoms with van der Waals surface area (Å²) >= 11 is 3.33. The van der Waals surface area contributed by atoms with Crippen LogP contribution in [0.25, 0.3) is 0 Å². The van der Waals surface area contributed by atoms with Gasteiger partial charge in [0.25, 0.3) is 0 Å². The van der Waals surface area contributed by atoms with E-state index in [1.54, 1.807) is 25.4 Å². The van der Waals surface area contributed by atoms with Crippen LogP contribution in [0, 0.1) is 0 Å². The number of ether oxygens (including phenoxy) is 1. The topological polar surface area (TPSA) is 63.5 Å². The number of guanidine groups is 1. The molecule has 6 nitrogen and oxygen atoms in total. The molecule has 0 bridgehead atoms. The smallest absolute Gasteiger partial charge is 0.387 e. The zero-order valence-electron chi connectivity index (χ0n) is 13.8. The van der Waals surface area contributed by atoms with E-state index in [4.69, 9.17) is 0 Å². The van der Waals surface area contributed by atoms with Crippen molar-refractivity contribution in [3.63, 3.8) is 0 Å². The summed E-state index contributed by atoms with van der Waals surface area (Å²) in [6.45, 7) is -1.05. The number of halogens is 3. The van der Waals surface area contributed by atoms with Gasteiger partial charge in [-0.25, -0.2) is 0 Å². The van der Waals surface area contributed by atoms with Crippen LogP contribution in [0.1, 0.15) is 12.0 Å². The third-order valence-electron chi connectivity index (χ3n) is 3.32. The van der Waals surface area contributed by atoms with Crippen LogP contribution in [0.5, 0.6) is 5.75 Å². The van der Waals surface area contributed by atoms with E-state index in [1.165, 1.54) is 6.07 Å². The molecule has 0 aliphatic heterocycles. The van der Waals surface area contributed by atoms with Crippen molar-refractivity contribution in [3.05, 3.63) is 46.7 Å². The summed E-state index contributed by atoms with van der Waals surface area (Å²) in [4.78, 5) is 4.12. The fraction of sp³-hybridized carbons (Fsp3) is 0.375. The van der Waals surface area contributed by atoms with E-state index in [1.807, 2.05) is 16.9 Å². The highest BCUT2D eigenvalue weighted by Crippen LogP contribution is 2.24. The Hall–Kier alpha value is -2.16. The van der Waals surface area contributed by atoms with Crippen molar-refractivity contribution in [2.45, 2.75) is 26.1 Å². The van der Waals surface area contributed by atoms with Crippen molar-refractivity contribution < 1.29 is 13.5 Å². The quantitative estimate of drug-likeness (QED) is 0.395. The van der Waals surface area contributed by atoms with Crippen LogP contribution in [0.3, 0.4) is 0 Å². The SMILES string of the molecule is CN=C(NCCCn1cccn1)NCc1cc(Br)ccc1OC(F)F. The number of nitrogens with zero attached hydrogens (tertiary/aromatic N) is 3. The summed E-state index contributed by atoms with van der Waals surface area (Å²) in [5, 5.41) is 10.4. The highest BCUT2D eigenvalue weighted by atomic mass is 79.9. The van der Waals surface area contributed by atoms with Gasteiger partial charge >= 0.3 is 6.61 Å². The molecular weight excluding hydrogens is 396 g/mol. The summed E-state index contributed by atoms with van der Waals surface area (Å²) in [6.07, 6.45) is 4.52. The largest absolute Gasteiger partial charge is 0.434 e. The molecule has 0 spiro atoms. The first kappa shape index (κ1) is 19.2. The minimum Gasteiger partial charge on any atom is -0.434 e. The Morgan fingerprint density at radius 3 is 2.92 bits per heavy atom. The number of aliphatic imine (C=N–C) groups is 1. The summed E-state index contributed by atoms with van der Waals surface area (Å²) < 4.78 is 32.2. The number of benzene rings is 1. The van der Waals surface area contributed by atoms with Crippen molar-refractivity contribution >= 4 is 21.9 Å². The molecule has 0 amide bonds. The van der Waals surface area contributed by atoms with Crippen LogP contribution < -0.4 is 15.4 Å². The molecule has 0 radical (unpaired) electrons. The van der Waals surface area contributed by atoms with Crippen molar-refractivity contribution in [3.8, 4) is 5.75 Å². The molecule has 136 valence electrons. The monoisotopic (exact) mass is 415 g/mol. The normalized spacial score (nSPS) is 11.6. The van der Waals surface area contributed by atoms with Crippen LogP contribution in [0.2, 0.25) is 0 Å². The van der Waals surface area contributed by atoms with Gasteiger partial charge in [0.1, 0.15) is 5.75 Å². The van der Waals surface area contributed by atoms with Crippen LogP contribution in [0.15, 0.2) is 46.1 Å². The molecule has 25 heavy (non-hydrogen) atoms. The van der Waals surface area contributed by atoms with Gasteiger partial charge in [-0.05, 0) is 30.7 Å². The average Bonchev–Trinajstić information content (AvgIpc) is 3.09. The molecule has 9 heteroatoms. The zero-order valence-corrected chi connectivity index (χ0v) is 15.3. The highest BCUT2D eigenvalue weighted by Gasteiger charge is 2.10. The van der Waals surface area contributed by atoms with Gasteiger partial charge in [-0.15, -0.1) is 0 Å². The van der Waals surface area contributed by atoms with Crippen LogP contribution >= 0.6 is 15.9 Å². The first-order valence-electron chi connectivity index (χ1n) is 7.73. The van der Waals surface area contributed by atoms with Gasteiger partial charge in [-0.2, -0.15) is 13.9 Å².